The maximum atomic E-state index is 3.83. The molecule has 0 bridgehead atoms. The van der Waals surface area contributed by atoms with Crippen molar-refractivity contribution in [3.05, 3.63) is 30.4 Å². The normalized spacial score (nSPS) is 11.8. The van der Waals surface area contributed by atoms with Gasteiger partial charge in [-0.25, -0.2) is 0 Å². The van der Waals surface area contributed by atoms with Crippen molar-refractivity contribution in [1.82, 2.24) is 14.8 Å². The largest absolute Gasteiger partial charge is 0.293 e. The SMILES string of the molecule is C/C=C\C=C/n1cnnc1C. The number of aromatic nitrogens is 3. The highest BCUT2D eigenvalue weighted by molar-refractivity contribution is 5.27. The molecule has 0 aliphatic heterocycles. The Morgan fingerprint density at radius 2 is 2.27 bits per heavy atom. The van der Waals surface area contributed by atoms with Crippen LogP contribution in [0.15, 0.2) is 24.6 Å². The van der Waals surface area contributed by atoms with Crippen molar-refractivity contribution in [3.8, 4) is 0 Å². The Morgan fingerprint density at radius 3 is 2.82 bits per heavy atom. The highest BCUT2D eigenvalue weighted by Gasteiger charge is 1.89. The van der Waals surface area contributed by atoms with Gasteiger partial charge in [0.1, 0.15) is 12.2 Å². The highest BCUT2D eigenvalue weighted by Crippen LogP contribution is 1.92. The fraction of sp³-hybridized carbons (Fsp3) is 0.250. The summed E-state index contributed by atoms with van der Waals surface area (Å²) in [5, 5.41) is 7.57. The van der Waals surface area contributed by atoms with Crippen molar-refractivity contribution in [3.63, 3.8) is 0 Å². The van der Waals surface area contributed by atoms with Crippen LogP contribution in [0.1, 0.15) is 12.7 Å². The average molecular weight is 149 g/mol. The third-order valence-electron chi connectivity index (χ3n) is 1.30. The summed E-state index contributed by atoms with van der Waals surface area (Å²) in [6.07, 6.45) is 9.46. The molecule has 1 rings (SSSR count). The molecule has 0 amide bonds. The Kier molecular flexibility index (Phi) is 2.60. The van der Waals surface area contributed by atoms with Gasteiger partial charge in [-0.2, -0.15) is 0 Å². The molecule has 0 saturated carbocycles. The molecule has 3 heteroatoms. The first-order chi connectivity index (χ1) is 5.34. The van der Waals surface area contributed by atoms with Gasteiger partial charge in [0.15, 0.2) is 0 Å². The minimum Gasteiger partial charge on any atom is -0.293 e. The summed E-state index contributed by atoms with van der Waals surface area (Å²) in [5.41, 5.74) is 0. The molecule has 0 radical (unpaired) electrons. The zero-order valence-electron chi connectivity index (χ0n) is 6.73. The fourth-order valence-corrected chi connectivity index (χ4v) is 0.700. The Hall–Kier alpha value is -1.38. The summed E-state index contributed by atoms with van der Waals surface area (Å²) in [7, 11) is 0. The van der Waals surface area contributed by atoms with Crippen LogP contribution < -0.4 is 0 Å². The smallest absolute Gasteiger partial charge is 0.133 e. The number of nitrogens with zero attached hydrogens (tertiary/aromatic N) is 3. The van der Waals surface area contributed by atoms with Crippen molar-refractivity contribution in [2.75, 3.05) is 0 Å². The number of aryl methyl sites for hydroxylation is 1. The van der Waals surface area contributed by atoms with E-state index in [1.54, 1.807) is 6.33 Å². The van der Waals surface area contributed by atoms with Crippen LogP contribution in [0.4, 0.5) is 0 Å². The van der Waals surface area contributed by atoms with Gasteiger partial charge >= 0.3 is 0 Å². The summed E-state index contributed by atoms with van der Waals surface area (Å²) in [5.74, 6) is 0.894. The van der Waals surface area contributed by atoms with E-state index in [0.717, 1.165) is 5.82 Å². The third-order valence-corrected chi connectivity index (χ3v) is 1.30. The minimum atomic E-state index is 0.894. The van der Waals surface area contributed by atoms with Crippen LogP contribution in [0, 0.1) is 6.92 Å². The molecule has 0 aliphatic carbocycles. The molecule has 0 aliphatic rings. The summed E-state index contributed by atoms with van der Waals surface area (Å²) in [6.45, 7) is 3.89. The second-order valence-corrected chi connectivity index (χ2v) is 2.15. The van der Waals surface area contributed by atoms with Crippen LogP contribution in [0.25, 0.3) is 6.20 Å². The van der Waals surface area contributed by atoms with E-state index in [1.807, 2.05) is 42.8 Å². The molecule has 11 heavy (non-hydrogen) atoms. The van der Waals surface area contributed by atoms with Crippen LogP contribution in [0.2, 0.25) is 0 Å². The van der Waals surface area contributed by atoms with E-state index < -0.39 is 0 Å². The molecule has 1 aromatic heterocycles. The van der Waals surface area contributed by atoms with Crippen molar-refractivity contribution >= 4 is 6.20 Å². The van der Waals surface area contributed by atoms with Gasteiger partial charge in [-0.3, -0.25) is 4.57 Å². The van der Waals surface area contributed by atoms with Crippen LogP contribution >= 0.6 is 0 Å². The molecule has 0 unspecified atom stereocenters. The summed E-state index contributed by atoms with van der Waals surface area (Å²) in [6, 6.07) is 0. The van der Waals surface area contributed by atoms with E-state index in [9.17, 15) is 0 Å². The van der Waals surface area contributed by atoms with Gasteiger partial charge in [-0.05, 0) is 19.9 Å². The maximum Gasteiger partial charge on any atom is 0.133 e. The molecule has 0 atom stereocenters. The van der Waals surface area contributed by atoms with Gasteiger partial charge in [-0.15, -0.1) is 10.2 Å². The van der Waals surface area contributed by atoms with Gasteiger partial charge in [0, 0.05) is 6.20 Å². The van der Waals surface area contributed by atoms with E-state index in [0.29, 0.717) is 0 Å². The zero-order chi connectivity index (χ0) is 8.10. The average Bonchev–Trinajstić information content (AvgIpc) is 2.37. The molecule has 58 valence electrons. The predicted molar refractivity (Wildman–Crippen MR) is 44.9 cm³/mol. The molecular weight excluding hydrogens is 138 g/mol. The third kappa shape index (κ3) is 2.04. The molecule has 0 saturated heterocycles. The molecule has 1 heterocycles. The van der Waals surface area contributed by atoms with Crippen LogP contribution in [0.5, 0.6) is 0 Å². The van der Waals surface area contributed by atoms with Gasteiger partial charge in [0.25, 0.3) is 0 Å². The molecule has 0 fully saturated rings. The summed E-state index contributed by atoms with van der Waals surface area (Å²) in [4.78, 5) is 0. The Labute approximate surface area is 66.1 Å². The van der Waals surface area contributed by atoms with Crippen molar-refractivity contribution < 1.29 is 0 Å². The van der Waals surface area contributed by atoms with Crippen molar-refractivity contribution in [1.29, 1.82) is 0 Å². The standard InChI is InChI=1S/C8H11N3/c1-3-4-5-6-11-7-9-10-8(11)2/h3-7H,1-2H3/b4-3-,6-5-. The molecule has 3 nitrogen and oxygen atoms in total. The Balaban J connectivity index is 2.71. The molecule has 0 aromatic carbocycles. The Bertz CT molecular complexity index is 271. The monoisotopic (exact) mass is 149 g/mol. The van der Waals surface area contributed by atoms with Crippen LogP contribution in [-0.4, -0.2) is 14.8 Å². The topological polar surface area (TPSA) is 30.7 Å². The van der Waals surface area contributed by atoms with E-state index in [-0.39, 0.29) is 0 Å². The van der Waals surface area contributed by atoms with Crippen molar-refractivity contribution in [2.24, 2.45) is 0 Å². The predicted octanol–water partition coefficient (Wildman–Crippen LogP) is 1.63. The summed E-state index contributed by atoms with van der Waals surface area (Å²) < 4.78 is 1.86. The second kappa shape index (κ2) is 3.71. The van der Waals surface area contributed by atoms with Gasteiger partial charge in [-0.1, -0.05) is 12.2 Å². The van der Waals surface area contributed by atoms with Gasteiger partial charge < -0.3 is 0 Å². The number of hydrogen-bond donors (Lipinski definition) is 0. The number of hydrogen-bond acceptors (Lipinski definition) is 2. The van der Waals surface area contributed by atoms with E-state index in [4.69, 9.17) is 0 Å². The maximum absolute atomic E-state index is 3.83. The van der Waals surface area contributed by atoms with Crippen molar-refractivity contribution in [2.45, 2.75) is 13.8 Å². The first kappa shape index (κ1) is 7.72. The second-order valence-electron chi connectivity index (χ2n) is 2.15. The lowest BCUT2D eigenvalue weighted by molar-refractivity contribution is 1.01. The first-order valence-corrected chi connectivity index (χ1v) is 3.50. The lowest BCUT2D eigenvalue weighted by atomic mass is 10.5. The van der Waals surface area contributed by atoms with E-state index in [1.165, 1.54) is 0 Å². The lowest BCUT2D eigenvalue weighted by Gasteiger charge is -1.90. The minimum absolute atomic E-state index is 0.894. The molecule has 0 N–H and O–H groups in total. The quantitative estimate of drug-likeness (QED) is 0.598. The van der Waals surface area contributed by atoms with Crippen LogP contribution in [-0.2, 0) is 0 Å². The van der Waals surface area contributed by atoms with E-state index >= 15 is 0 Å². The van der Waals surface area contributed by atoms with Crippen LogP contribution in [0.3, 0.4) is 0 Å². The fourth-order valence-electron chi connectivity index (χ4n) is 0.700. The Morgan fingerprint density at radius 1 is 1.45 bits per heavy atom. The molecular formula is C8H11N3. The van der Waals surface area contributed by atoms with E-state index in [2.05, 4.69) is 10.2 Å². The number of allylic oxidation sites excluding steroid dienone is 3. The molecule has 0 spiro atoms. The molecule has 1 aromatic rings. The highest BCUT2D eigenvalue weighted by atomic mass is 15.2. The lowest BCUT2D eigenvalue weighted by Crippen LogP contribution is -1.86. The summed E-state index contributed by atoms with van der Waals surface area (Å²) >= 11 is 0. The first-order valence-electron chi connectivity index (χ1n) is 3.50. The zero-order valence-corrected chi connectivity index (χ0v) is 6.73. The van der Waals surface area contributed by atoms with Gasteiger partial charge in [0.05, 0.1) is 0 Å². The number of rotatable bonds is 2. The van der Waals surface area contributed by atoms with Gasteiger partial charge in [0.2, 0.25) is 0 Å².